The summed E-state index contributed by atoms with van der Waals surface area (Å²) in [7, 11) is 0. The van der Waals surface area contributed by atoms with Gasteiger partial charge in [-0.3, -0.25) is 0 Å². The van der Waals surface area contributed by atoms with Gasteiger partial charge in [-0.15, -0.1) is 6.58 Å². The standard InChI is InChI=1S/C33H34O5.C32H31FO5.C32H32O6/c1-2-31(36-19-24-11-5-3-6-12-24)33-32(37-20-25-13-7-4-8-14-25)30(34)23-35-21-28-17-26-15-9-10-16-27(26)18-29(28)22-38-33;2*33-32-31(36-18-23-11-5-2-6-12-23)30-29(35-17-22-9-3-1-4-10-22)28(38-32)21-34-19-26-15-24-13-7-8-14-25(24)16-27(26)20-37-30/h2-18,30-34H,1,19-23H2;1-16,28-32H,17-21H2;1-16,28-33H,17-21H2/t30?,31-,32+,33?;2*28?,29-,30?,31-,32?/m100/s1. The second-order valence-corrected chi connectivity index (χ2v) is 29.2. The summed E-state index contributed by atoms with van der Waals surface area (Å²) in [5.74, 6) is 0. The highest BCUT2D eigenvalue weighted by Crippen LogP contribution is 2.37. The SMILES string of the molecule is C=C[C@@H](OCc1ccccc1)C1OCc2cc3ccccc3cc2COCC(O)[C@@H]1OCc1ccccc1.FC1OC2COCc3cc4ccccc4cc3COC([C@@H]1OCc1ccccc1)[C@H]2OCc1ccccc1.OC1OC2COCc3cc4ccccc4cc3COC([C@@H]1OCc1ccccc1)[C@H]2OCc1ccccc1. The Morgan fingerprint density at radius 1 is 0.333 bits per heavy atom. The molecule has 0 aliphatic carbocycles. The lowest BCUT2D eigenvalue weighted by atomic mass is 9.97. The normalized spacial score (nSPS) is 24.0. The Kier molecular flexibility index (Phi) is 28.1. The van der Waals surface area contributed by atoms with Crippen LogP contribution in [0.25, 0.3) is 32.3 Å². The minimum absolute atomic E-state index is 0.105. The number of aliphatic hydroxyl groups excluding tert-OH is 2. The monoisotopic (exact) mass is 1540 g/mol. The topological polar surface area (TPSA) is 170 Å². The van der Waals surface area contributed by atoms with Gasteiger partial charge in [-0.2, -0.15) is 0 Å². The van der Waals surface area contributed by atoms with Gasteiger partial charge in [0.05, 0.1) is 99.1 Å². The minimum atomic E-state index is -1.68. The van der Waals surface area contributed by atoms with Crippen molar-refractivity contribution in [3.63, 3.8) is 0 Å². The lowest BCUT2D eigenvalue weighted by molar-refractivity contribution is -0.318. The fraction of sp³-hybridized carbons (Fsp3) is 0.299. The Hall–Kier alpha value is -9.55. The largest absolute Gasteiger partial charge is 0.388 e. The maximum atomic E-state index is 15.5. The van der Waals surface area contributed by atoms with Crippen molar-refractivity contribution >= 4 is 32.3 Å². The second-order valence-electron chi connectivity index (χ2n) is 29.2. The first kappa shape index (κ1) is 79.7. The molecule has 0 saturated carbocycles. The number of fused-ring (bicyclic) bond motifs is 10. The van der Waals surface area contributed by atoms with Crippen LogP contribution < -0.4 is 0 Å². The van der Waals surface area contributed by atoms with Crippen molar-refractivity contribution in [2.45, 2.75) is 165 Å². The van der Waals surface area contributed by atoms with Crippen LogP contribution in [0.4, 0.5) is 4.39 Å². The molecule has 12 aromatic rings. The van der Waals surface area contributed by atoms with Crippen molar-refractivity contribution < 1.29 is 80.9 Å². The van der Waals surface area contributed by atoms with Crippen LogP contribution in [0.1, 0.15) is 66.8 Å². The summed E-state index contributed by atoms with van der Waals surface area (Å²) in [4.78, 5) is 0. The molecule has 5 aliphatic rings. The quantitative estimate of drug-likeness (QED) is 0.0690. The van der Waals surface area contributed by atoms with E-state index in [9.17, 15) is 10.2 Å². The van der Waals surface area contributed by atoms with E-state index in [1.807, 2.05) is 218 Å². The van der Waals surface area contributed by atoms with Crippen molar-refractivity contribution in [3.05, 3.63) is 371 Å². The van der Waals surface area contributed by atoms with E-state index in [4.69, 9.17) is 66.3 Å². The first-order valence-corrected chi connectivity index (χ1v) is 39.2. The lowest BCUT2D eigenvalue weighted by Crippen LogP contribution is -2.61. The van der Waals surface area contributed by atoms with Crippen LogP contribution in [0.2, 0.25) is 0 Å². The number of halogens is 1. The Bertz CT molecular complexity index is 4750. The third kappa shape index (κ3) is 20.9. The number of ether oxygens (including phenoxy) is 14. The van der Waals surface area contributed by atoms with Crippen LogP contribution in [0, 0.1) is 0 Å². The fourth-order valence-electron chi connectivity index (χ4n) is 15.2. The van der Waals surface area contributed by atoms with Crippen molar-refractivity contribution in [3.8, 4) is 0 Å². The highest BCUT2D eigenvalue weighted by Gasteiger charge is 2.51. The Labute approximate surface area is 665 Å². The van der Waals surface area contributed by atoms with Crippen LogP contribution in [-0.2, 0) is 146 Å². The molecule has 12 aromatic carbocycles. The second kappa shape index (κ2) is 40.2. The van der Waals surface area contributed by atoms with E-state index in [0.717, 1.165) is 99.1 Å². The number of hydrogen-bond acceptors (Lipinski definition) is 16. The summed E-state index contributed by atoms with van der Waals surface area (Å²) in [6.07, 6.45) is -9.09. The van der Waals surface area contributed by atoms with Gasteiger partial charge in [0.2, 0.25) is 6.36 Å². The molecule has 588 valence electrons. The Morgan fingerprint density at radius 3 is 0.991 bits per heavy atom. The maximum absolute atomic E-state index is 15.5. The molecule has 14 atom stereocenters. The van der Waals surface area contributed by atoms with Gasteiger partial charge in [0, 0.05) is 0 Å². The molecule has 0 aromatic heterocycles. The van der Waals surface area contributed by atoms with Crippen molar-refractivity contribution in [2.24, 2.45) is 0 Å². The van der Waals surface area contributed by atoms with Gasteiger partial charge in [0.1, 0.15) is 73.2 Å². The molecule has 17 heteroatoms. The van der Waals surface area contributed by atoms with Crippen LogP contribution in [0.5, 0.6) is 0 Å². The van der Waals surface area contributed by atoms with Crippen molar-refractivity contribution in [1.29, 1.82) is 0 Å². The fourth-order valence-corrected chi connectivity index (χ4v) is 15.2. The summed E-state index contributed by atoms with van der Waals surface area (Å²) in [6, 6.07) is 96.9. The first-order chi connectivity index (χ1) is 56.2. The average molecular weight is 1540 g/mol. The molecule has 2 fully saturated rings. The van der Waals surface area contributed by atoms with Crippen LogP contribution in [0.3, 0.4) is 0 Å². The van der Waals surface area contributed by atoms with Crippen LogP contribution >= 0.6 is 0 Å². The predicted molar refractivity (Wildman–Crippen MR) is 434 cm³/mol. The lowest BCUT2D eigenvalue weighted by Gasteiger charge is -2.44. The van der Waals surface area contributed by atoms with E-state index in [1.165, 1.54) is 0 Å². The zero-order valence-corrected chi connectivity index (χ0v) is 63.7. The van der Waals surface area contributed by atoms with Gasteiger partial charge >= 0.3 is 0 Å². The molecule has 4 bridgehead atoms. The molecule has 17 rings (SSSR count). The smallest absolute Gasteiger partial charge is 0.228 e. The summed E-state index contributed by atoms with van der Waals surface area (Å²) in [6.45, 7) is 8.69. The molecule has 2 saturated heterocycles. The van der Waals surface area contributed by atoms with Crippen molar-refractivity contribution in [2.75, 3.05) is 19.8 Å². The van der Waals surface area contributed by atoms with E-state index in [1.54, 1.807) is 6.08 Å². The van der Waals surface area contributed by atoms with Crippen molar-refractivity contribution in [1.82, 2.24) is 0 Å². The van der Waals surface area contributed by atoms with Gasteiger partial charge in [0.25, 0.3) is 0 Å². The maximum Gasteiger partial charge on any atom is 0.228 e. The summed E-state index contributed by atoms with van der Waals surface area (Å²) in [5, 5.41) is 29.1. The molecule has 0 spiro atoms. The molecule has 5 aliphatic heterocycles. The van der Waals surface area contributed by atoms with E-state index in [2.05, 4.69) is 79.4 Å². The zero-order chi connectivity index (χ0) is 77.6. The summed E-state index contributed by atoms with van der Waals surface area (Å²) >= 11 is 0. The minimum Gasteiger partial charge on any atom is -0.388 e. The molecule has 0 radical (unpaired) electrons. The van der Waals surface area contributed by atoms with Gasteiger partial charge in [-0.1, -0.05) is 261 Å². The van der Waals surface area contributed by atoms with Crippen LogP contribution in [-0.4, -0.2) is 116 Å². The number of alkyl halides is 1. The third-order valence-electron chi connectivity index (χ3n) is 21.3. The number of rotatable bonds is 20. The van der Waals surface area contributed by atoms with E-state index in [-0.39, 0.29) is 33.0 Å². The molecule has 0 amide bonds. The van der Waals surface area contributed by atoms with Gasteiger partial charge < -0.3 is 76.5 Å². The van der Waals surface area contributed by atoms with E-state index >= 15 is 4.39 Å². The Morgan fingerprint density at radius 2 is 0.623 bits per heavy atom. The summed E-state index contributed by atoms with van der Waals surface area (Å²) in [5.41, 5.74) is 12.3. The number of benzene rings is 12. The molecule has 114 heavy (non-hydrogen) atoms. The molecular formula is C97H97FO16. The molecular weight excluding hydrogens is 1440 g/mol. The molecule has 16 nitrogen and oxygen atoms in total. The van der Waals surface area contributed by atoms with Gasteiger partial charge in [-0.25, -0.2) is 4.39 Å². The van der Waals surface area contributed by atoms with Gasteiger partial charge in [-0.05, 0) is 135 Å². The predicted octanol–water partition coefficient (Wildman–Crippen LogP) is 17.2. The van der Waals surface area contributed by atoms with E-state index < -0.39 is 85.9 Å². The average Bonchev–Trinajstić information content (AvgIpc) is 0.789. The first-order valence-electron chi connectivity index (χ1n) is 39.2. The number of hydrogen-bond donors (Lipinski definition) is 2. The summed E-state index contributed by atoms with van der Waals surface area (Å²) < 4.78 is 103. The molecule has 5 heterocycles. The van der Waals surface area contributed by atoms with Gasteiger partial charge in [0.15, 0.2) is 6.29 Å². The Balaban J connectivity index is 0.000000135. The van der Waals surface area contributed by atoms with E-state index in [0.29, 0.717) is 66.1 Å². The van der Waals surface area contributed by atoms with Crippen LogP contribution in [0.15, 0.2) is 304 Å². The number of aliphatic hydroxyl groups is 2. The third-order valence-corrected chi connectivity index (χ3v) is 21.3. The highest BCUT2D eigenvalue weighted by atomic mass is 19.1. The molecule has 8 unspecified atom stereocenters. The zero-order valence-electron chi connectivity index (χ0n) is 63.7. The highest BCUT2D eigenvalue weighted by molar-refractivity contribution is 5.85. The molecule has 2 N–H and O–H groups in total.